The van der Waals surface area contributed by atoms with Crippen molar-refractivity contribution in [3.05, 3.63) is 40.8 Å². The minimum atomic E-state index is -0.0349. The van der Waals surface area contributed by atoms with Crippen LogP contribution >= 0.6 is 12.2 Å². The lowest BCUT2D eigenvalue weighted by Gasteiger charge is -2.15. The lowest BCUT2D eigenvalue weighted by Crippen LogP contribution is -2.29. The topological polar surface area (TPSA) is 60.9 Å². The fourth-order valence-electron chi connectivity index (χ4n) is 2.50. The van der Waals surface area contributed by atoms with E-state index in [9.17, 15) is 4.79 Å². The van der Waals surface area contributed by atoms with Crippen molar-refractivity contribution in [2.75, 3.05) is 0 Å². The molecule has 0 spiro atoms. The lowest BCUT2D eigenvalue weighted by molar-refractivity contribution is 0.399. The summed E-state index contributed by atoms with van der Waals surface area (Å²) in [6.45, 7) is 0.605. The second-order valence-electron chi connectivity index (χ2n) is 5.34. The number of nitrogens with zero attached hydrogens (tertiary/aromatic N) is 2. The molecule has 3 rings (SSSR count). The Morgan fingerprint density at radius 1 is 1.42 bits per heavy atom. The van der Waals surface area contributed by atoms with E-state index in [1.54, 1.807) is 10.9 Å². The lowest BCUT2D eigenvalue weighted by atomic mass is 10.0. The zero-order valence-electron chi connectivity index (χ0n) is 10.5. The van der Waals surface area contributed by atoms with Crippen LogP contribution in [-0.2, 0) is 6.54 Å². The van der Waals surface area contributed by atoms with E-state index >= 15 is 0 Å². The standard InChI is InChI=1S/C14H15N3OS/c15-12(19)7-14(5-6-14)9-17-13(18)11-4-2-1-3-10(11)8-16-17/h1-4,8H,5-7,9H2,(H2,15,19). The quantitative estimate of drug-likeness (QED) is 0.864. The molecule has 98 valence electrons. The van der Waals surface area contributed by atoms with Crippen LogP contribution in [0, 0.1) is 5.41 Å². The van der Waals surface area contributed by atoms with Crippen LogP contribution in [0.25, 0.3) is 10.8 Å². The van der Waals surface area contributed by atoms with Crippen molar-refractivity contribution in [2.45, 2.75) is 25.8 Å². The van der Waals surface area contributed by atoms with Gasteiger partial charge in [-0.2, -0.15) is 5.10 Å². The van der Waals surface area contributed by atoms with E-state index in [0.717, 1.165) is 18.2 Å². The molecule has 0 unspecified atom stereocenters. The van der Waals surface area contributed by atoms with Gasteiger partial charge in [0.25, 0.3) is 5.56 Å². The summed E-state index contributed by atoms with van der Waals surface area (Å²) in [6.07, 6.45) is 4.56. The maximum atomic E-state index is 12.4. The number of aromatic nitrogens is 2. The number of thiocarbonyl (C=S) groups is 1. The predicted octanol–water partition coefficient (Wildman–Crippen LogP) is 1.85. The third-order valence-electron chi connectivity index (χ3n) is 3.75. The molecular weight excluding hydrogens is 258 g/mol. The van der Waals surface area contributed by atoms with E-state index in [4.69, 9.17) is 18.0 Å². The molecule has 0 bridgehead atoms. The molecule has 1 heterocycles. The second kappa shape index (κ2) is 4.42. The van der Waals surface area contributed by atoms with Crippen LogP contribution in [0.3, 0.4) is 0 Å². The van der Waals surface area contributed by atoms with Crippen LogP contribution in [0.5, 0.6) is 0 Å². The van der Waals surface area contributed by atoms with E-state index in [1.165, 1.54) is 0 Å². The third kappa shape index (κ3) is 2.38. The molecule has 1 aliphatic rings. The number of nitrogens with two attached hydrogens (primary N) is 1. The molecule has 0 saturated heterocycles. The first-order valence-corrected chi connectivity index (χ1v) is 6.74. The van der Waals surface area contributed by atoms with Gasteiger partial charge in [-0.3, -0.25) is 4.79 Å². The Labute approximate surface area is 116 Å². The van der Waals surface area contributed by atoms with Gasteiger partial charge in [-0.05, 0) is 24.3 Å². The first kappa shape index (κ1) is 12.3. The maximum Gasteiger partial charge on any atom is 0.274 e. The zero-order valence-corrected chi connectivity index (χ0v) is 11.3. The second-order valence-corrected chi connectivity index (χ2v) is 5.86. The minimum absolute atomic E-state index is 0.0349. The van der Waals surface area contributed by atoms with Crippen molar-refractivity contribution >= 4 is 28.0 Å². The van der Waals surface area contributed by atoms with Crippen LogP contribution in [0.2, 0.25) is 0 Å². The number of rotatable bonds is 4. The monoisotopic (exact) mass is 273 g/mol. The highest BCUT2D eigenvalue weighted by Gasteiger charge is 2.43. The third-order valence-corrected chi connectivity index (χ3v) is 3.90. The average molecular weight is 273 g/mol. The van der Waals surface area contributed by atoms with Gasteiger partial charge in [0, 0.05) is 11.8 Å². The molecule has 1 fully saturated rings. The van der Waals surface area contributed by atoms with Crippen molar-refractivity contribution in [2.24, 2.45) is 11.1 Å². The number of benzene rings is 1. The Hall–Kier alpha value is -1.75. The summed E-state index contributed by atoms with van der Waals surface area (Å²) in [4.78, 5) is 12.9. The SMILES string of the molecule is NC(=S)CC1(Cn2ncc3ccccc3c2=O)CC1. The van der Waals surface area contributed by atoms with Gasteiger partial charge in [-0.25, -0.2) is 4.68 Å². The molecule has 0 amide bonds. The Bertz CT molecular complexity index is 703. The zero-order chi connectivity index (χ0) is 13.5. The van der Waals surface area contributed by atoms with Gasteiger partial charge in [0.1, 0.15) is 0 Å². The van der Waals surface area contributed by atoms with Gasteiger partial charge >= 0.3 is 0 Å². The summed E-state index contributed by atoms with van der Waals surface area (Å²) >= 11 is 4.98. The number of hydrogen-bond donors (Lipinski definition) is 1. The maximum absolute atomic E-state index is 12.4. The molecule has 2 N–H and O–H groups in total. The molecule has 0 radical (unpaired) electrons. The van der Waals surface area contributed by atoms with Crippen LogP contribution in [0.1, 0.15) is 19.3 Å². The smallest absolute Gasteiger partial charge is 0.274 e. The fourth-order valence-corrected chi connectivity index (χ4v) is 2.80. The van der Waals surface area contributed by atoms with Gasteiger partial charge in [0.05, 0.1) is 23.1 Å². The summed E-state index contributed by atoms with van der Waals surface area (Å²) < 4.78 is 1.55. The van der Waals surface area contributed by atoms with E-state index in [0.29, 0.717) is 23.3 Å². The highest BCUT2D eigenvalue weighted by atomic mass is 32.1. The summed E-state index contributed by atoms with van der Waals surface area (Å²) in [5, 5.41) is 5.85. The molecular formula is C14H15N3OS. The van der Waals surface area contributed by atoms with Crippen molar-refractivity contribution in [3.8, 4) is 0 Å². The summed E-state index contributed by atoms with van der Waals surface area (Å²) in [5.41, 5.74) is 5.65. The summed E-state index contributed by atoms with van der Waals surface area (Å²) in [6, 6.07) is 7.51. The Morgan fingerprint density at radius 2 is 2.16 bits per heavy atom. The molecule has 1 aliphatic carbocycles. The van der Waals surface area contributed by atoms with E-state index in [1.807, 2.05) is 24.3 Å². The highest BCUT2D eigenvalue weighted by Crippen LogP contribution is 2.49. The number of hydrogen-bond acceptors (Lipinski definition) is 3. The molecule has 1 saturated carbocycles. The average Bonchev–Trinajstić information content (AvgIpc) is 3.12. The van der Waals surface area contributed by atoms with Gasteiger partial charge in [0.15, 0.2) is 0 Å². The molecule has 4 nitrogen and oxygen atoms in total. The fraction of sp³-hybridized carbons (Fsp3) is 0.357. The first-order valence-electron chi connectivity index (χ1n) is 6.33. The number of fused-ring (bicyclic) bond motifs is 1. The molecule has 1 aromatic carbocycles. The first-order chi connectivity index (χ1) is 9.10. The van der Waals surface area contributed by atoms with Crippen molar-refractivity contribution in [1.29, 1.82) is 0 Å². The summed E-state index contributed by atoms with van der Waals surface area (Å²) in [7, 11) is 0. The molecule has 0 atom stereocenters. The van der Waals surface area contributed by atoms with Gasteiger partial charge < -0.3 is 5.73 Å². The Morgan fingerprint density at radius 3 is 2.84 bits per heavy atom. The van der Waals surface area contributed by atoms with Crippen LogP contribution in [0.15, 0.2) is 35.3 Å². The predicted molar refractivity (Wildman–Crippen MR) is 79.1 cm³/mol. The molecule has 0 aliphatic heterocycles. The van der Waals surface area contributed by atoms with Crippen molar-refractivity contribution in [3.63, 3.8) is 0 Å². The van der Waals surface area contributed by atoms with Crippen molar-refractivity contribution < 1.29 is 0 Å². The Kier molecular flexibility index (Phi) is 2.86. The highest BCUT2D eigenvalue weighted by molar-refractivity contribution is 7.80. The minimum Gasteiger partial charge on any atom is -0.393 e. The Balaban J connectivity index is 1.96. The van der Waals surface area contributed by atoms with Crippen LogP contribution < -0.4 is 11.3 Å². The molecule has 1 aromatic heterocycles. The van der Waals surface area contributed by atoms with E-state index in [-0.39, 0.29) is 11.0 Å². The molecule has 19 heavy (non-hydrogen) atoms. The largest absolute Gasteiger partial charge is 0.393 e. The molecule has 5 heteroatoms. The van der Waals surface area contributed by atoms with Gasteiger partial charge in [-0.1, -0.05) is 30.4 Å². The van der Waals surface area contributed by atoms with Crippen molar-refractivity contribution in [1.82, 2.24) is 9.78 Å². The molecule has 2 aromatic rings. The normalized spacial score (nSPS) is 16.4. The van der Waals surface area contributed by atoms with Gasteiger partial charge in [0.2, 0.25) is 0 Å². The van der Waals surface area contributed by atoms with Gasteiger partial charge in [-0.15, -0.1) is 0 Å². The van der Waals surface area contributed by atoms with E-state index in [2.05, 4.69) is 5.10 Å². The summed E-state index contributed by atoms with van der Waals surface area (Å²) in [5.74, 6) is 0. The van der Waals surface area contributed by atoms with Crippen LogP contribution in [-0.4, -0.2) is 14.8 Å². The van der Waals surface area contributed by atoms with Crippen LogP contribution in [0.4, 0.5) is 0 Å². The van der Waals surface area contributed by atoms with E-state index < -0.39 is 0 Å².